The molecule has 0 saturated carbocycles. The minimum atomic E-state index is -0.306. The molecule has 0 bridgehead atoms. The van der Waals surface area contributed by atoms with Gasteiger partial charge < -0.3 is 15.4 Å². The first-order valence-electron chi connectivity index (χ1n) is 9.40. The number of hydrogen-bond acceptors (Lipinski definition) is 3. The standard InChI is InChI=1S/C24H24N2O3/c1-16-13-14-19(15-22(16)29-3)23(27)26-21-12-8-7-11-20(21)24(28)25-17(2)18-9-5-4-6-10-18/h4-15,17H,1-3H3,(H,25,28)(H,26,27). The number of rotatable bonds is 6. The molecule has 0 spiro atoms. The summed E-state index contributed by atoms with van der Waals surface area (Å²) in [7, 11) is 1.57. The third-order valence-corrected chi connectivity index (χ3v) is 4.74. The van der Waals surface area contributed by atoms with Crippen LogP contribution in [0.4, 0.5) is 5.69 Å². The summed E-state index contributed by atoms with van der Waals surface area (Å²) < 4.78 is 5.29. The van der Waals surface area contributed by atoms with E-state index in [4.69, 9.17) is 4.74 Å². The molecule has 0 radical (unpaired) electrons. The predicted molar refractivity (Wildman–Crippen MR) is 114 cm³/mol. The molecule has 2 amide bonds. The lowest BCUT2D eigenvalue weighted by molar-refractivity contribution is 0.0941. The molecule has 0 aromatic heterocycles. The third-order valence-electron chi connectivity index (χ3n) is 4.74. The summed E-state index contributed by atoms with van der Waals surface area (Å²) >= 11 is 0. The van der Waals surface area contributed by atoms with Gasteiger partial charge in [0.25, 0.3) is 11.8 Å². The number of carbonyl (C=O) groups is 2. The van der Waals surface area contributed by atoms with Crippen LogP contribution in [0.25, 0.3) is 0 Å². The fourth-order valence-electron chi connectivity index (χ4n) is 3.05. The topological polar surface area (TPSA) is 67.4 Å². The second-order valence-electron chi connectivity index (χ2n) is 6.79. The van der Waals surface area contributed by atoms with Crippen LogP contribution in [0.3, 0.4) is 0 Å². The fraction of sp³-hybridized carbons (Fsp3) is 0.167. The highest BCUT2D eigenvalue weighted by Crippen LogP contribution is 2.22. The normalized spacial score (nSPS) is 11.4. The molecule has 1 unspecified atom stereocenters. The molecule has 0 saturated heterocycles. The molecule has 0 fully saturated rings. The lowest BCUT2D eigenvalue weighted by Gasteiger charge is -2.16. The Kier molecular flexibility index (Phi) is 6.29. The van der Waals surface area contributed by atoms with Crippen LogP contribution in [0.5, 0.6) is 5.75 Å². The Labute approximate surface area is 170 Å². The van der Waals surface area contributed by atoms with E-state index in [1.807, 2.05) is 50.2 Å². The largest absolute Gasteiger partial charge is 0.496 e. The van der Waals surface area contributed by atoms with Crippen molar-refractivity contribution >= 4 is 17.5 Å². The molecular weight excluding hydrogens is 364 g/mol. The molecule has 29 heavy (non-hydrogen) atoms. The van der Waals surface area contributed by atoms with E-state index in [1.165, 1.54) is 0 Å². The smallest absolute Gasteiger partial charge is 0.255 e. The monoisotopic (exact) mass is 388 g/mol. The van der Waals surface area contributed by atoms with Gasteiger partial charge in [-0.15, -0.1) is 0 Å². The molecule has 0 aliphatic carbocycles. The Morgan fingerprint density at radius 1 is 0.897 bits per heavy atom. The van der Waals surface area contributed by atoms with Crippen LogP contribution in [0.1, 0.15) is 44.8 Å². The first kappa shape index (κ1) is 20.1. The quantitative estimate of drug-likeness (QED) is 0.640. The molecule has 5 heteroatoms. The maximum absolute atomic E-state index is 12.8. The summed E-state index contributed by atoms with van der Waals surface area (Å²) in [6.45, 7) is 3.83. The van der Waals surface area contributed by atoms with Crippen LogP contribution in [0, 0.1) is 6.92 Å². The van der Waals surface area contributed by atoms with Gasteiger partial charge in [-0.25, -0.2) is 0 Å². The van der Waals surface area contributed by atoms with Crippen LogP contribution in [0.15, 0.2) is 72.8 Å². The number of amides is 2. The van der Waals surface area contributed by atoms with Gasteiger partial charge in [-0.2, -0.15) is 0 Å². The highest BCUT2D eigenvalue weighted by atomic mass is 16.5. The van der Waals surface area contributed by atoms with Crippen molar-refractivity contribution in [1.29, 1.82) is 0 Å². The Balaban J connectivity index is 1.78. The van der Waals surface area contributed by atoms with Gasteiger partial charge in [0, 0.05) is 5.56 Å². The molecule has 5 nitrogen and oxygen atoms in total. The molecule has 3 rings (SSSR count). The van der Waals surface area contributed by atoms with Crippen LogP contribution < -0.4 is 15.4 Å². The van der Waals surface area contributed by atoms with Crippen molar-refractivity contribution in [2.45, 2.75) is 19.9 Å². The van der Waals surface area contributed by atoms with Gasteiger partial charge in [0.2, 0.25) is 0 Å². The Morgan fingerprint density at radius 3 is 2.31 bits per heavy atom. The first-order chi connectivity index (χ1) is 14.0. The van der Waals surface area contributed by atoms with Crippen molar-refractivity contribution in [2.75, 3.05) is 12.4 Å². The molecule has 0 heterocycles. The van der Waals surface area contributed by atoms with Gasteiger partial charge in [0.15, 0.2) is 0 Å². The summed E-state index contributed by atoms with van der Waals surface area (Å²) in [5.41, 5.74) is 3.27. The zero-order chi connectivity index (χ0) is 20.8. The molecular formula is C24H24N2O3. The highest BCUT2D eigenvalue weighted by molar-refractivity contribution is 6.09. The number of methoxy groups -OCH3 is 1. The molecule has 2 N–H and O–H groups in total. The molecule has 0 aliphatic heterocycles. The fourth-order valence-corrected chi connectivity index (χ4v) is 3.05. The number of nitrogens with one attached hydrogen (secondary N) is 2. The molecule has 3 aromatic carbocycles. The van der Waals surface area contributed by atoms with Crippen molar-refractivity contribution in [2.24, 2.45) is 0 Å². The van der Waals surface area contributed by atoms with E-state index in [-0.39, 0.29) is 17.9 Å². The Bertz CT molecular complexity index is 1020. The zero-order valence-corrected chi connectivity index (χ0v) is 16.7. The van der Waals surface area contributed by atoms with Gasteiger partial charge in [-0.3, -0.25) is 9.59 Å². The zero-order valence-electron chi connectivity index (χ0n) is 16.7. The van der Waals surface area contributed by atoms with Crippen LogP contribution >= 0.6 is 0 Å². The van der Waals surface area contributed by atoms with Gasteiger partial charge in [0.1, 0.15) is 5.75 Å². The van der Waals surface area contributed by atoms with Gasteiger partial charge >= 0.3 is 0 Å². The number of hydrogen-bond donors (Lipinski definition) is 2. The van der Waals surface area contributed by atoms with Gasteiger partial charge in [-0.05, 0) is 49.2 Å². The van der Waals surface area contributed by atoms with Crippen molar-refractivity contribution in [3.63, 3.8) is 0 Å². The van der Waals surface area contributed by atoms with Crippen molar-refractivity contribution < 1.29 is 14.3 Å². The van der Waals surface area contributed by atoms with E-state index in [0.717, 1.165) is 11.1 Å². The lowest BCUT2D eigenvalue weighted by Crippen LogP contribution is -2.28. The number of carbonyl (C=O) groups excluding carboxylic acids is 2. The highest BCUT2D eigenvalue weighted by Gasteiger charge is 2.17. The van der Waals surface area contributed by atoms with Crippen LogP contribution in [-0.4, -0.2) is 18.9 Å². The summed E-state index contributed by atoms with van der Waals surface area (Å²) in [6, 6.07) is 21.8. The van der Waals surface area contributed by atoms with E-state index in [0.29, 0.717) is 22.6 Å². The van der Waals surface area contributed by atoms with Gasteiger partial charge in [-0.1, -0.05) is 48.5 Å². The summed E-state index contributed by atoms with van der Waals surface area (Å²) in [5.74, 6) is 0.0822. The lowest BCUT2D eigenvalue weighted by atomic mass is 10.1. The summed E-state index contributed by atoms with van der Waals surface area (Å²) in [5, 5.41) is 5.82. The second kappa shape index (κ2) is 9.06. The van der Waals surface area contributed by atoms with Crippen molar-refractivity contribution in [3.05, 3.63) is 95.1 Å². The number of anilines is 1. The Morgan fingerprint density at radius 2 is 1.59 bits per heavy atom. The van der Waals surface area contributed by atoms with Crippen LogP contribution in [0.2, 0.25) is 0 Å². The van der Waals surface area contributed by atoms with Crippen LogP contribution in [-0.2, 0) is 0 Å². The summed E-state index contributed by atoms with van der Waals surface area (Å²) in [6.07, 6.45) is 0. The summed E-state index contributed by atoms with van der Waals surface area (Å²) in [4.78, 5) is 25.5. The van der Waals surface area contributed by atoms with E-state index in [1.54, 1.807) is 43.5 Å². The maximum Gasteiger partial charge on any atom is 0.255 e. The number of aryl methyl sites for hydroxylation is 1. The van der Waals surface area contributed by atoms with Crippen molar-refractivity contribution in [1.82, 2.24) is 5.32 Å². The third kappa shape index (κ3) is 4.82. The van der Waals surface area contributed by atoms with Gasteiger partial charge in [0.05, 0.1) is 24.4 Å². The van der Waals surface area contributed by atoms with E-state index >= 15 is 0 Å². The average molecular weight is 388 g/mol. The minimum absolute atomic E-state index is 0.159. The number of para-hydroxylation sites is 1. The predicted octanol–water partition coefficient (Wildman–Crippen LogP) is 4.75. The Hall–Kier alpha value is -3.60. The molecule has 1 atom stereocenters. The number of benzene rings is 3. The average Bonchev–Trinajstić information content (AvgIpc) is 2.75. The SMILES string of the molecule is COc1cc(C(=O)Nc2ccccc2C(=O)NC(C)c2ccccc2)ccc1C. The van der Waals surface area contributed by atoms with Crippen molar-refractivity contribution in [3.8, 4) is 5.75 Å². The number of ether oxygens (including phenoxy) is 1. The molecule has 3 aromatic rings. The minimum Gasteiger partial charge on any atom is -0.496 e. The molecule has 0 aliphatic rings. The molecule has 148 valence electrons. The van der Waals surface area contributed by atoms with E-state index in [2.05, 4.69) is 10.6 Å². The second-order valence-corrected chi connectivity index (χ2v) is 6.79. The first-order valence-corrected chi connectivity index (χ1v) is 9.40. The van der Waals surface area contributed by atoms with E-state index in [9.17, 15) is 9.59 Å². The van der Waals surface area contributed by atoms with E-state index < -0.39 is 0 Å². The maximum atomic E-state index is 12.8.